The molecule has 8 nitrogen and oxygen atoms in total. The van der Waals surface area contributed by atoms with Crippen molar-refractivity contribution in [1.29, 1.82) is 0 Å². The van der Waals surface area contributed by atoms with Gasteiger partial charge in [-0.25, -0.2) is 13.8 Å². The van der Waals surface area contributed by atoms with Crippen LogP contribution >= 0.6 is 0 Å². The lowest BCUT2D eigenvalue weighted by Gasteiger charge is -2.13. The summed E-state index contributed by atoms with van der Waals surface area (Å²) < 4.78 is 31.9. The molecule has 0 spiro atoms. The van der Waals surface area contributed by atoms with Crippen LogP contribution in [-0.4, -0.2) is 21.9 Å². The minimum Gasteiger partial charge on any atom is -0.439 e. The van der Waals surface area contributed by atoms with Crippen molar-refractivity contribution in [3.8, 4) is 11.6 Å². The first-order chi connectivity index (χ1) is 14.3. The van der Waals surface area contributed by atoms with E-state index in [9.17, 15) is 23.7 Å². The van der Waals surface area contributed by atoms with Crippen LogP contribution in [0.1, 0.15) is 5.56 Å². The first-order valence-electron chi connectivity index (χ1n) is 8.70. The highest BCUT2D eigenvalue weighted by Gasteiger charge is 2.15. The fourth-order valence-corrected chi connectivity index (χ4v) is 2.56. The van der Waals surface area contributed by atoms with Gasteiger partial charge in [0.1, 0.15) is 23.6 Å². The number of benzene rings is 2. The molecule has 30 heavy (non-hydrogen) atoms. The zero-order valence-electron chi connectivity index (χ0n) is 15.4. The monoisotopic (exact) mass is 414 g/mol. The molecule has 2 aromatic carbocycles. The van der Waals surface area contributed by atoms with Gasteiger partial charge in [-0.2, -0.15) is 0 Å². The molecule has 3 aromatic rings. The van der Waals surface area contributed by atoms with E-state index in [1.807, 2.05) is 0 Å². The van der Waals surface area contributed by atoms with Gasteiger partial charge in [-0.1, -0.05) is 12.1 Å². The molecule has 3 rings (SSSR count). The van der Waals surface area contributed by atoms with Crippen LogP contribution in [0.5, 0.6) is 11.6 Å². The Kier molecular flexibility index (Phi) is 6.28. The number of nitrogens with zero attached hydrogens (tertiary/aromatic N) is 2. The van der Waals surface area contributed by atoms with Crippen molar-refractivity contribution in [3.05, 3.63) is 88.1 Å². The second-order valence-electron chi connectivity index (χ2n) is 6.32. The number of carbonyl (C=O) groups is 1. The van der Waals surface area contributed by atoms with Crippen LogP contribution in [0.15, 0.2) is 60.8 Å². The molecule has 154 valence electrons. The van der Waals surface area contributed by atoms with Crippen molar-refractivity contribution < 1.29 is 23.2 Å². The number of hydrogen-bond acceptors (Lipinski definition) is 6. The Morgan fingerprint density at radius 3 is 2.37 bits per heavy atom. The van der Waals surface area contributed by atoms with E-state index in [0.717, 1.165) is 23.9 Å². The first-order valence-corrected chi connectivity index (χ1v) is 8.70. The van der Waals surface area contributed by atoms with Crippen molar-refractivity contribution >= 4 is 17.3 Å². The maximum absolute atomic E-state index is 13.2. The number of carbonyl (C=O) groups excluding carboxylic acids is 1. The molecule has 1 atom stereocenters. The van der Waals surface area contributed by atoms with Gasteiger partial charge in [-0.3, -0.25) is 14.9 Å². The van der Waals surface area contributed by atoms with Crippen LogP contribution in [0.2, 0.25) is 0 Å². The predicted octanol–water partition coefficient (Wildman–Crippen LogP) is 3.57. The zero-order valence-corrected chi connectivity index (χ0v) is 15.4. The molecule has 0 bridgehead atoms. The standard InChI is InChI=1S/C20H16F2N4O4/c21-13-8-14(22)10-15(9-13)25-20(27)18(23)7-12-1-4-17(5-2-12)30-19-6-3-16(11-24-19)26(28)29/h1-6,8-11,18H,7,23H2,(H,25,27)/t18-/m0/s1. The SMILES string of the molecule is N[C@@H](Cc1ccc(Oc2ccc([N+](=O)[O-])cn2)cc1)C(=O)Nc1cc(F)cc(F)c1. The Bertz CT molecular complexity index is 1040. The Balaban J connectivity index is 1.57. The summed E-state index contributed by atoms with van der Waals surface area (Å²) in [4.78, 5) is 26.1. The summed E-state index contributed by atoms with van der Waals surface area (Å²) in [7, 11) is 0. The number of halogens is 2. The molecule has 0 fully saturated rings. The average Bonchev–Trinajstić information content (AvgIpc) is 2.69. The van der Waals surface area contributed by atoms with E-state index in [-0.39, 0.29) is 23.7 Å². The number of nitrogens with one attached hydrogen (secondary N) is 1. The van der Waals surface area contributed by atoms with Gasteiger partial charge in [0.05, 0.1) is 11.0 Å². The molecule has 1 aromatic heterocycles. The molecule has 1 heterocycles. The Morgan fingerprint density at radius 1 is 1.13 bits per heavy atom. The molecule has 0 radical (unpaired) electrons. The van der Waals surface area contributed by atoms with E-state index in [2.05, 4.69) is 10.3 Å². The lowest BCUT2D eigenvalue weighted by Crippen LogP contribution is -2.37. The van der Waals surface area contributed by atoms with Gasteiger partial charge >= 0.3 is 0 Å². The molecule has 0 aliphatic rings. The van der Waals surface area contributed by atoms with Gasteiger partial charge in [0.25, 0.3) is 5.69 Å². The largest absolute Gasteiger partial charge is 0.439 e. The van der Waals surface area contributed by atoms with Crippen molar-refractivity contribution in [2.24, 2.45) is 5.73 Å². The van der Waals surface area contributed by atoms with Crippen LogP contribution in [0.25, 0.3) is 0 Å². The Hall–Kier alpha value is -3.92. The summed E-state index contributed by atoms with van der Waals surface area (Å²) in [6.07, 6.45) is 1.27. The van der Waals surface area contributed by atoms with E-state index >= 15 is 0 Å². The van der Waals surface area contributed by atoms with Crippen LogP contribution in [0, 0.1) is 21.7 Å². The normalized spacial score (nSPS) is 11.6. The van der Waals surface area contributed by atoms with Crippen LogP contribution in [0.4, 0.5) is 20.2 Å². The van der Waals surface area contributed by atoms with E-state index in [1.165, 1.54) is 12.1 Å². The summed E-state index contributed by atoms with van der Waals surface area (Å²) in [5.41, 5.74) is 6.44. The molecule has 0 unspecified atom stereocenters. The van der Waals surface area contributed by atoms with E-state index in [4.69, 9.17) is 10.5 Å². The highest BCUT2D eigenvalue weighted by Crippen LogP contribution is 2.22. The number of ether oxygens (including phenoxy) is 1. The van der Waals surface area contributed by atoms with E-state index < -0.39 is 28.5 Å². The molecule has 10 heteroatoms. The van der Waals surface area contributed by atoms with E-state index in [0.29, 0.717) is 11.8 Å². The van der Waals surface area contributed by atoms with Crippen LogP contribution < -0.4 is 15.8 Å². The molecule has 0 saturated carbocycles. The number of hydrogen-bond donors (Lipinski definition) is 2. The van der Waals surface area contributed by atoms with Gasteiger partial charge in [0, 0.05) is 23.9 Å². The third-order valence-electron chi connectivity index (χ3n) is 4.00. The molecular weight excluding hydrogens is 398 g/mol. The molecule has 0 aliphatic heterocycles. The maximum atomic E-state index is 13.2. The number of rotatable bonds is 7. The molecular formula is C20H16F2N4O4. The summed E-state index contributed by atoms with van der Waals surface area (Å²) in [5.74, 6) is -1.58. The predicted molar refractivity (Wildman–Crippen MR) is 104 cm³/mol. The number of pyridine rings is 1. The fraction of sp³-hybridized carbons (Fsp3) is 0.100. The fourth-order valence-electron chi connectivity index (χ4n) is 2.56. The van der Waals surface area contributed by atoms with Crippen molar-refractivity contribution in [2.75, 3.05) is 5.32 Å². The Morgan fingerprint density at radius 2 is 1.80 bits per heavy atom. The second kappa shape index (κ2) is 9.05. The highest BCUT2D eigenvalue weighted by atomic mass is 19.1. The highest BCUT2D eigenvalue weighted by molar-refractivity contribution is 5.94. The minimum atomic E-state index is -0.945. The number of anilines is 1. The number of aromatic nitrogens is 1. The van der Waals surface area contributed by atoms with Gasteiger partial charge in [0.15, 0.2) is 0 Å². The average molecular weight is 414 g/mol. The zero-order chi connectivity index (χ0) is 21.7. The second-order valence-corrected chi connectivity index (χ2v) is 6.32. The summed E-state index contributed by atoms with van der Waals surface area (Å²) >= 11 is 0. The van der Waals surface area contributed by atoms with Gasteiger partial charge in [0.2, 0.25) is 11.8 Å². The van der Waals surface area contributed by atoms with E-state index in [1.54, 1.807) is 24.3 Å². The van der Waals surface area contributed by atoms with Gasteiger partial charge in [-0.05, 0) is 36.2 Å². The third kappa shape index (κ3) is 5.55. The van der Waals surface area contributed by atoms with Crippen LogP contribution in [0.3, 0.4) is 0 Å². The number of nitro groups is 1. The smallest absolute Gasteiger partial charge is 0.287 e. The third-order valence-corrected chi connectivity index (χ3v) is 4.00. The van der Waals surface area contributed by atoms with Crippen molar-refractivity contribution in [1.82, 2.24) is 4.98 Å². The first kappa shape index (κ1) is 20.8. The lowest BCUT2D eigenvalue weighted by atomic mass is 10.1. The van der Waals surface area contributed by atoms with Crippen LogP contribution in [-0.2, 0) is 11.2 Å². The number of amides is 1. The summed E-state index contributed by atoms with van der Waals surface area (Å²) in [6, 6.07) is 11.0. The maximum Gasteiger partial charge on any atom is 0.287 e. The van der Waals surface area contributed by atoms with Crippen molar-refractivity contribution in [2.45, 2.75) is 12.5 Å². The molecule has 0 aliphatic carbocycles. The summed E-state index contributed by atoms with van der Waals surface area (Å²) in [5, 5.41) is 13.0. The van der Waals surface area contributed by atoms with Gasteiger partial charge in [-0.15, -0.1) is 0 Å². The molecule has 0 saturated heterocycles. The number of nitrogens with two attached hydrogens (primary N) is 1. The topological polar surface area (TPSA) is 120 Å². The molecule has 1 amide bonds. The molecule has 3 N–H and O–H groups in total. The quantitative estimate of drug-likeness (QED) is 0.450. The van der Waals surface area contributed by atoms with Crippen molar-refractivity contribution in [3.63, 3.8) is 0 Å². The summed E-state index contributed by atoms with van der Waals surface area (Å²) in [6.45, 7) is 0. The lowest BCUT2D eigenvalue weighted by molar-refractivity contribution is -0.385. The minimum absolute atomic E-state index is 0.0210. The van der Waals surface area contributed by atoms with Gasteiger partial charge < -0.3 is 15.8 Å². The Labute approximate surface area is 169 Å².